The summed E-state index contributed by atoms with van der Waals surface area (Å²) in [6.45, 7) is 3.32. The Hall–Kier alpha value is -1.93. The molecule has 5 rings (SSSR count). The number of thiol groups is 1. The van der Waals surface area contributed by atoms with Gasteiger partial charge in [0, 0.05) is 19.5 Å². The number of fused-ring (bicyclic) bond motifs is 1. The molecular weight excluding hydrogens is 461 g/mol. The molecule has 0 spiro atoms. The fourth-order valence-corrected chi connectivity index (χ4v) is 6.21. The molecule has 2 atom stereocenters. The van der Waals surface area contributed by atoms with E-state index >= 15 is 0 Å². The fraction of sp³-hybridized carbons (Fsp3) is 0.440. The molecule has 0 bridgehead atoms. The number of nitrogens with zero attached hydrogens (tertiary/aromatic N) is 2. The molecule has 33 heavy (non-hydrogen) atoms. The first-order valence-electron chi connectivity index (χ1n) is 11.5. The van der Waals surface area contributed by atoms with Crippen molar-refractivity contribution in [3.05, 3.63) is 69.5 Å². The second-order valence-electron chi connectivity index (χ2n) is 9.19. The van der Waals surface area contributed by atoms with E-state index in [9.17, 15) is 14.0 Å². The zero-order valence-corrected chi connectivity index (χ0v) is 19.9. The van der Waals surface area contributed by atoms with Gasteiger partial charge in [-0.05, 0) is 66.6 Å². The molecule has 3 aliphatic rings. The molecule has 8 heteroatoms. The van der Waals surface area contributed by atoms with E-state index in [-0.39, 0.29) is 40.0 Å². The van der Waals surface area contributed by atoms with Crippen LogP contribution in [0.15, 0.2) is 36.4 Å². The minimum Gasteiger partial charge on any atom is -0.299 e. The van der Waals surface area contributed by atoms with Crippen molar-refractivity contribution in [1.29, 1.82) is 0 Å². The maximum atomic E-state index is 13.9. The molecular formula is C25H27ClFN3O2S. The summed E-state index contributed by atoms with van der Waals surface area (Å²) in [5, 5.41) is 2.56. The summed E-state index contributed by atoms with van der Waals surface area (Å²) in [7, 11) is 0. The molecule has 2 unspecified atom stereocenters. The summed E-state index contributed by atoms with van der Waals surface area (Å²) >= 11 is 11.0. The minimum absolute atomic E-state index is 0.162. The number of halogens is 2. The molecule has 3 aliphatic heterocycles. The van der Waals surface area contributed by atoms with Crippen molar-refractivity contribution in [3.8, 4) is 0 Å². The smallest absolute Gasteiger partial charge is 0.243 e. The zero-order valence-electron chi connectivity index (χ0n) is 18.3. The second kappa shape index (κ2) is 9.37. The van der Waals surface area contributed by atoms with Gasteiger partial charge in [-0.15, -0.1) is 0 Å². The van der Waals surface area contributed by atoms with E-state index < -0.39 is 0 Å². The highest BCUT2D eigenvalue weighted by Gasteiger charge is 2.39. The van der Waals surface area contributed by atoms with Crippen molar-refractivity contribution in [1.82, 2.24) is 15.1 Å². The molecule has 2 aromatic carbocycles. The molecule has 1 N–H and O–H groups in total. The van der Waals surface area contributed by atoms with Crippen LogP contribution in [0.3, 0.4) is 0 Å². The number of piperidine rings is 2. The van der Waals surface area contributed by atoms with Crippen LogP contribution < -0.4 is 5.32 Å². The quantitative estimate of drug-likeness (QED) is 0.495. The lowest BCUT2D eigenvalue weighted by Gasteiger charge is -2.33. The molecule has 2 saturated heterocycles. The second-order valence-corrected chi connectivity index (χ2v) is 10.1. The van der Waals surface area contributed by atoms with Crippen molar-refractivity contribution in [2.75, 3.05) is 13.1 Å². The third-order valence-electron chi connectivity index (χ3n) is 7.26. The molecule has 2 fully saturated rings. The summed E-state index contributed by atoms with van der Waals surface area (Å²) in [4.78, 5) is 28.5. The largest absolute Gasteiger partial charge is 0.299 e. The Morgan fingerprint density at radius 3 is 2.55 bits per heavy atom. The number of carbonyl (C=O) groups is 2. The van der Waals surface area contributed by atoms with Crippen LogP contribution >= 0.6 is 24.2 Å². The van der Waals surface area contributed by atoms with E-state index in [1.165, 1.54) is 17.2 Å². The molecule has 0 aliphatic carbocycles. The molecule has 0 saturated carbocycles. The highest BCUT2D eigenvalue weighted by atomic mass is 35.5. The van der Waals surface area contributed by atoms with E-state index in [0.29, 0.717) is 19.4 Å². The highest BCUT2D eigenvalue weighted by molar-refractivity contribution is 7.80. The standard InChI is InChI=1S/C25H27ClFN3O2S/c26-23-17(4-2-6-20(23)27)15-9-11-29(12-10-15)13-16-3-1-5-18-19(16)14-30(25(18)33)21-7-8-22(31)28-24(21)32/h1-6,15,21,25,33H,7-14H2,(H,28,31,32). The van der Waals surface area contributed by atoms with Gasteiger partial charge in [0.1, 0.15) is 5.82 Å². The number of rotatable bonds is 4. The molecule has 0 aromatic heterocycles. The molecule has 174 valence electrons. The van der Waals surface area contributed by atoms with Crippen LogP contribution in [0.25, 0.3) is 0 Å². The van der Waals surface area contributed by atoms with Crippen molar-refractivity contribution >= 4 is 36.0 Å². The van der Waals surface area contributed by atoms with Crippen molar-refractivity contribution < 1.29 is 14.0 Å². The molecule has 0 radical (unpaired) electrons. The van der Waals surface area contributed by atoms with Crippen LogP contribution in [0.5, 0.6) is 0 Å². The summed E-state index contributed by atoms with van der Waals surface area (Å²) in [6, 6.07) is 11.0. The molecule has 3 heterocycles. The fourth-order valence-electron chi connectivity index (χ4n) is 5.44. The van der Waals surface area contributed by atoms with Gasteiger partial charge in [-0.25, -0.2) is 4.39 Å². The van der Waals surface area contributed by atoms with E-state index in [2.05, 4.69) is 33.3 Å². The number of carbonyl (C=O) groups excluding carboxylic acids is 2. The van der Waals surface area contributed by atoms with Crippen LogP contribution in [0.4, 0.5) is 4.39 Å². The number of imide groups is 1. The van der Waals surface area contributed by atoms with E-state index in [1.807, 2.05) is 6.07 Å². The van der Waals surface area contributed by atoms with Gasteiger partial charge in [0.05, 0.1) is 16.4 Å². The van der Waals surface area contributed by atoms with Gasteiger partial charge in [0.2, 0.25) is 11.8 Å². The monoisotopic (exact) mass is 487 g/mol. The number of likely N-dealkylation sites (tertiary alicyclic amines) is 1. The maximum Gasteiger partial charge on any atom is 0.243 e. The van der Waals surface area contributed by atoms with E-state index in [1.54, 1.807) is 6.07 Å². The van der Waals surface area contributed by atoms with Gasteiger partial charge in [0.25, 0.3) is 0 Å². The summed E-state index contributed by atoms with van der Waals surface area (Å²) < 4.78 is 13.9. The van der Waals surface area contributed by atoms with Crippen molar-refractivity contribution in [3.63, 3.8) is 0 Å². The lowest BCUT2D eigenvalue weighted by atomic mass is 9.89. The number of nitrogens with one attached hydrogen (secondary N) is 1. The highest BCUT2D eigenvalue weighted by Crippen LogP contribution is 2.41. The Bertz CT molecular complexity index is 1090. The average Bonchev–Trinajstić information content (AvgIpc) is 3.14. The van der Waals surface area contributed by atoms with Gasteiger partial charge in [-0.3, -0.25) is 24.7 Å². The van der Waals surface area contributed by atoms with Crippen LogP contribution in [0, 0.1) is 5.82 Å². The van der Waals surface area contributed by atoms with Crippen LogP contribution in [-0.4, -0.2) is 40.7 Å². The predicted molar refractivity (Wildman–Crippen MR) is 129 cm³/mol. The Labute approximate surface area is 203 Å². The Kier molecular flexibility index (Phi) is 6.49. The molecule has 2 aromatic rings. The topological polar surface area (TPSA) is 52.7 Å². The van der Waals surface area contributed by atoms with Gasteiger partial charge in [0.15, 0.2) is 0 Å². The van der Waals surface area contributed by atoms with Crippen molar-refractivity contribution in [2.24, 2.45) is 0 Å². The number of hydrogen-bond donors (Lipinski definition) is 2. The van der Waals surface area contributed by atoms with Gasteiger partial charge >= 0.3 is 0 Å². The Morgan fingerprint density at radius 1 is 1.06 bits per heavy atom. The van der Waals surface area contributed by atoms with Gasteiger partial charge in [-0.2, -0.15) is 12.6 Å². The normalized spacial score (nSPS) is 24.7. The first-order valence-corrected chi connectivity index (χ1v) is 12.4. The summed E-state index contributed by atoms with van der Waals surface area (Å²) in [5.74, 6) is -0.501. The first-order chi connectivity index (χ1) is 15.9. The van der Waals surface area contributed by atoms with Crippen molar-refractivity contribution in [2.45, 2.75) is 56.1 Å². The lowest BCUT2D eigenvalue weighted by molar-refractivity contribution is -0.137. The minimum atomic E-state index is -0.349. The SMILES string of the molecule is O=C1CCC(N2Cc3c(CN4CCC(c5cccc(F)c5Cl)CC4)cccc3C2S)C(=O)N1. The average molecular weight is 488 g/mol. The predicted octanol–water partition coefficient (Wildman–Crippen LogP) is 4.41. The maximum absolute atomic E-state index is 13.9. The van der Waals surface area contributed by atoms with Gasteiger partial charge in [-0.1, -0.05) is 41.9 Å². The number of hydrogen-bond acceptors (Lipinski definition) is 5. The molecule has 5 nitrogen and oxygen atoms in total. The Balaban J connectivity index is 1.26. The van der Waals surface area contributed by atoms with Crippen LogP contribution in [0.2, 0.25) is 5.02 Å². The van der Waals surface area contributed by atoms with Crippen LogP contribution in [-0.2, 0) is 22.7 Å². The zero-order chi connectivity index (χ0) is 23.1. The molecule has 2 amide bonds. The van der Waals surface area contributed by atoms with E-state index in [0.717, 1.165) is 43.6 Å². The summed E-state index contributed by atoms with van der Waals surface area (Å²) in [5.41, 5.74) is 4.54. The number of benzene rings is 2. The van der Waals surface area contributed by atoms with Crippen LogP contribution in [0.1, 0.15) is 59.2 Å². The third-order valence-corrected chi connectivity index (χ3v) is 8.23. The van der Waals surface area contributed by atoms with E-state index in [4.69, 9.17) is 24.2 Å². The number of amides is 2. The summed E-state index contributed by atoms with van der Waals surface area (Å²) in [6.07, 6.45) is 2.77. The van der Waals surface area contributed by atoms with Gasteiger partial charge < -0.3 is 0 Å². The third kappa shape index (κ3) is 4.44. The lowest BCUT2D eigenvalue weighted by Crippen LogP contribution is -2.51. The Morgan fingerprint density at radius 2 is 1.79 bits per heavy atom. The first kappa shape index (κ1) is 22.8.